The summed E-state index contributed by atoms with van der Waals surface area (Å²) in [6.07, 6.45) is 0.588. The number of carbonyl (C=O) groups is 2. The number of esters is 1. The number of amides is 1. The van der Waals surface area contributed by atoms with Crippen LogP contribution in [0.2, 0.25) is 5.02 Å². The van der Waals surface area contributed by atoms with Gasteiger partial charge < -0.3 is 14.8 Å². The maximum Gasteiger partial charge on any atom is 0.318 e. The van der Waals surface area contributed by atoms with Crippen LogP contribution in [0.4, 0.5) is 5.69 Å². The van der Waals surface area contributed by atoms with Crippen LogP contribution in [0, 0.1) is 5.92 Å². The van der Waals surface area contributed by atoms with E-state index in [0.29, 0.717) is 35.1 Å². The predicted molar refractivity (Wildman–Crippen MR) is 111 cm³/mol. The van der Waals surface area contributed by atoms with Crippen molar-refractivity contribution < 1.29 is 19.1 Å². The Balaban J connectivity index is 1.35. The minimum absolute atomic E-state index is 0.246. The average Bonchev–Trinajstić information content (AvgIpc) is 2.75. The molecule has 1 amide bonds. The van der Waals surface area contributed by atoms with Gasteiger partial charge in [0.1, 0.15) is 18.1 Å². The lowest BCUT2D eigenvalue weighted by Gasteiger charge is -2.23. The highest BCUT2D eigenvalue weighted by atomic mass is 35.5. The molecule has 0 bridgehead atoms. The molecule has 0 spiro atoms. The summed E-state index contributed by atoms with van der Waals surface area (Å²) < 4.78 is 11.1. The standard InChI is InChI=1S/C23H18ClNO4/c24-18-7-5-15(6-8-18)22(26)25-19-9-11-20(12-10-19)29-23(27)17-13-16-3-1-2-4-21(16)28-14-17/h1-12,17H,13-14H2,(H,25,26)/t17-/m1/s1. The minimum atomic E-state index is -0.353. The summed E-state index contributed by atoms with van der Waals surface area (Å²) in [6.45, 7) is 0.297. The summed E-state index contributed by atoms with van der Waals surface area (Å²) in [6, 6.07) is 21.0. The van der Waals surface area contributed by atoms with Crippen LogP contribution in [0.1, 0.15) is 15.9 Å². The van der Waals surface area contributed by atoms with Gasteiger partial charge in [0.05, 0.1) is 5.92 Å². The second-order valence-electron chi connectivity index (χ2n) is 6.73. The van der Waals surface area contributed by atoms with Crippen molar-refractivity contribution >= 4 is 29.2 Å². The molecule has 146 valence electrons. The van der Waals surface area contributed by atoms with Crippen molar-refractivity contribution in [2.75, 3.05) is 11.9 Å². The van der Waals surface area contributed by atoms with Gasteiger partial charge >= 0.3 is 5.97 Å². The van der Waals surface area contributed by atoms with Crippen LogP contribution < -0.4 is 14.8 Å². The van der Waals surface area contributed by atoms with Gasteiger partial charge in [-0.15, -0.1) is 0 Å². The molecule has 29 heavy (non-hydrogen) atoms. The summed E-state index contributed by atoms with van der Waals surface area (Å²) >= 11 is 5.84. The molecule has 0 saturated heterocycles. The Morgan fingerprint density at radius 1 is 0.966 bits per heavy atom. The van der Waals surface area contributed by atoms with Crippen LogP contribution in [-0.2, 0) is 11.2 Å². The molecule has 1 aliphatic heterocycles. The number of rotatable bonds is 4. The minimum Gasteiger partial charge on any atom is -0.492 e. The molecule has 0 aromatic heterocycles. The third-order valence-electron chi connectivity index (χ3n) is 4.65. The Morgan fingerprint density at radius 3 is 2.45 bits per heavy atom. The lowest BCUT2D eigenvalue weighted by Crippen LogP contribution is -2.31. The van der Waals surface area contributed by atoms with Crippen molar-refractivity contribution in [3.63, 3.8) is 0 Å². The number of para-hydroxylation sites is 1. The van der Waals surface area contributed by atoms with Gasteiger partial charge in [0.2, 0.25) is 0 Å². The molecule has 1 aliphatic rings. The molecule has 0 saturated carbocycles. The number of hydrogen-bond acceptors (Lipinski definition) is 4. The van der Waals surface area contributed by atoms with Crippen LogP contribution >= 0.6 is 11.6 Å². The zero-order chi connectivity index (χ0) is 20.2. The van der Waals surface area contributed by atoms with E-state index in [2.05, 4.69) is 5.32 Å². The van der Waals surface area contributed by atoms with Gasteiger partial charge in [0.25, 0.3) is 5.91 Å². The summed E-state index contributed by atoms with van der Waals surface area (Å²) in [5.74, 6) is 0.298. The van der Waals surface area contributed by atoms with Crippen molar-refractivity contribution in [3.8, 4) is 11.5 Å². The molecule has 0 fully saturated rings. The molecule has 0 aliphatic carbocycles. The fraction of sp³-hybridized carbons (Fsp3) is 0.130. The first-order chi connectivity index (χ1) is 14.1. The van der Waals surface area contributed by atoms with Crippen LogP contribution in [0.5, 0.6) is 11.5 Å². The molecule has 3 aromatic rings. The van der Waals surface area contributed by atoms with Gasteiger partial charge in [-0.3, -0.25) is 9.59 Å². The lowest BCUT2D eigenvalue weighted by molar-refractivity contribution is -0.140. The van der Waals surface area contributed by atoms with E-state index in [1.165, 1.54) is 0 Å². The topological polar surface area (TPSA) is 64.6 Å². The van der Waals surface area contributed by atoms with Crippen molar-refractivity contribution in [2.24, 2.45) is 5.92 Å². The van der Waals surface area contributed by atoms with E-state index in [9.17, 15) is 9.59 Å². The number of anilines is 1. The van der Waals surface area contributed by atoms with Crippen LogP contribution in [-0.4, -0.2) is 18.5 Å². The highest BCUT2D eigenvalue weighted by Gasteiger charge is 2.27. The molecule has 1 N–H and O–H groups in total. The Morgan fingerprint density at radius 2 is 1.69 bits per heavy atom. The van der Waals surface area contributed by atoms with Gasteiger partial charge in [-0.2, -0.15) is 0 Å². The molecule has 5 nitrogen and oxygen atoms in total. The summed E-state index contributed by atoms with van der Waals surface area (Å²) in [5, 5.41) is 3.36. The fourth-order valence-corrected chi connectivity index (χ4v) is 3.22. The first kappa shape index (κ1) is 19.0. The maximum atomic E-state index is 12.5. The molecule has 0 radical (unpaired) electrons. The van der Waals surface area contributed by atoms with Gasteiger partial charge in [0, 0.05) is 16.3 Å². The smallest absolute Gasteiger partial charge is 0.318 e. The van der Waals surface area contributed by atoms with Crippen molar-refractivity contribution in [1.82, 2.24) is 0 Å². The number of ether oxygens (including phenoxy) is 2. The zero-order valence-corrected chi connectivity index (χ0v) is 16.2. The van der Waals surface area contributed by atoms with Crippen LogP contribution in [0.15, 0.2) is 72.8 Å². The Labute approximate surface area is 173 Å². The highest BCUT2D eigenvalue weighted by Crippen LogP contribution is 2.28. The lowest BCUT2D eigenvalue weighted by atomic mass is 9.97. The molecule has 1 atom stereocenters. The first-order valence-corrected chi connectivity index (χ1v) is 9.56. The van der Waals surface area contributed by atoms with E-state index < -0.39 is 0 Å². The second-order valence-corrected chi connectivity index (χ2v) is 7.16. The Kier molecular flexibility index (Phi) is 5.49. The summed E-state index contributed by atoms with van der Waals surface area (Å²) in [5.41, 5.74) is 2.10. The Hall–Kier alpha value is -3.31. The molecule has 0 unspecified atom stereocenters. The third-order valence-corrected chi connectivity index (χ3v) is 4.90. The quantitative estimate of drug-likeness (QED) is 0.500. The summed E-state index contributed by atoms with van der Waals surface area (Å²) in [7, 11) is 0. The Bertz CT molecular complexity index is 1030. The monoisotopic (exact) mass is 407 g/mol. The average molecular weight is 408 g/mol. The number of nitrogens with one attached hydrogen (secondary N) is 1. The van der Waals surface area contributed by atoms with E-state index in [1.54, 1.807) is 48.5 Å². The fourth-order valence-electron chi connectivity index (χ4n) is 3.09. The van der Waals surface area contributed by atoms with Crippen LogP contribution in [0.25, 0.3) is 0 Å². The molecule has 4 rings (SSSR count). The normalized spacial score (nSPS) is 15.0. The number of carbonyl (C=O) groups excluding carboxylic acids is 2. The third kappa shape index (κ3) is 4.58. The zero-order valence-electron chi connectivity index (χ0n) is 15.4. The van der Waals surface area contributed by atoms with Gasteiger partial charge in [-0.25, -0.2) is 0 Å². The highest BCUT2D eigenvalue weighted by molar-refractivity contribution is 6.30. The number of hydrogen-bond donors (Lipinski definition) is 1. The van der Waals surface area contributed by atoms with Crippen molar-refractivity contribution in [3.05, 3.63) is 88.9 Å². The van der Waals surface area contributed by atoms with Gasteiger partial charge in [0.15, 0.2) is 0 Å². The van der Waals surface area contributed by atoms with E-state index >= 15 is 0 Å². The van der Waals surface area contributed by atoms with Crippen molar-refractivity contribution in [2.45, 2.75) is 6.42 Å². The van der Waals surface area contributed by atoms with E-state index in [4.69, 9.17) is 21.1 Å². The number of benzene rings is 3. The molecular weight excluding hydrogens is 390 g/mol. The van der Waals surface area contributed by atoms with Gasteiger partial charge in [-0.1, -0.05) is 29.8 Å². The summed E-state index contributed by atoms with van der Waals surface area (Å²) in [4.78, 5) is 24.7. The van der Waals surface area contributed by atoms with Crippen LogP contribution in [0.3, 0.4) is 0 Å². The molecule has 1 heterocycles. The van der Waals surface area contributed by atoms with E-state index in [0.717, 1.165) is 11.3 Å². The maximum absolute atomic E-state index is 12.5. The molecule has 6 heteroatoms. The van der Waals surface area contributed by atoms with E-state index in [-0.39, 0.29) is 17.8 Å². The van der Waals surface area contributed by atoms with Crippen molar-refractivity contribution in [1.29, 1.82) is 0 Å². The second kappa shape index (κ2) is 8.37. The molecular formula is C23H18ClNO4. The number of halogens is 1. The van der Waals surface area contributed by atoms with Gasteiger partial charge in [-0.05, 0) is 66.6 Å². The molecule has 3 aromatic carbocycles. The number of fused-ring (bicyclic) bond motifs is 1. The van der Waals surface area contributed by atoms with E-state index in [1.807, 2.05) is 24.3 Å². The SMILES string of the molecule is O=C(Nc1ccc(OC(=O)[C@H]2COc3ccccc3C2)cc1)c1ccc(Cl)cc1. The predicted octanol–water partition coefficient (Wildman–Crippen LogP) is 4.75. The largest absolute Gasteiger partial charge is 0.492 e. The first-order valence-electron chi connectivity index (χ1n) is 9.18.